The predicted octanol–water partition coefficient (Wildman–Crippen LogP) is 3.67. The third kappa shape index (κ3) is 4.25. The quantitative estimate of drug-likeness (QED) is 0.457. The van der Waals surface area contributed by atoms with Gasteiger partial charge in [-0.2, -0.15) is 0 Å². The van der Waals surface area contributed by atoms with Gasteiger partial charge in [0.25, 0.3) is 0 Å². The highest BCUT2D eigenvalue weighted by Crippen LogP contribution is 2.41. The second-order valence-corrected chi connectivity index (χ2v) is 8.26. The van der Waals surface area contributed by atoms with Crippen LogP contribution in [0.4, 0.5) is 0 Å². The number of likely N-dealkylation sites (tertiary alicyclic amines) is 1. The van der Waals surface area contributed by atoms with Crippen LogP contribution in [0.2, 0.25) is 0 Å². The SMILES string of the molecule is CCOCCC1(CNC(=NC)N2CC3CCCCC3C2)CCCC1. The van der Waals surface area contributed by atoms with Crippen LogP contribution in [-0.2, 0) is 4.74 Å². The second kappa shape index (κ2) is 8.55. The lowest BCUT2D eigenvalue weighted by Gasteiger charge is -2.32. The third-order valence-electron chi connectivity index (χ3n) is 6.75. The largest absolute Gasteiger partial charge is 0.382 e. The van der Waals surface area contributed by atoms with Crippen molar-refractivity contribution in [3.05, 3.63) is 0 Å². The number of ether oxygens (including phenoxy) is 1. The standard InChI is InChI=1S/C20H37N3O/c1-3-24-13-12-20(10-6-7-11-20)16-22-19(21-2)23-14-17-8-4-5-9-18(17)15-23/h17-18H,3-16H2,1-2H3,(H,21,22). The Morgan fingerprint density at radius 2 is 1.79 bits per heavy atom. The van der Waals surface area contributed by atoms with Crippen molar-refractivity contribution in [1.82, 2.24) is 10.2 Å². The van der Waals surface area contributed by atoms with E-state index in [1.54, 1.807) is 0 Å². The molecule has 2 aliphatic carbocycles. The van der Waals surface area contributed by atoms with E-state index in [9.17, 15) is 0 Å². The van der Waals surface area contributed by atoms with E-state index in [2.05, 4.69) is 22.1 Å². The Labute approximate surface area is 148 Å². The van der Waals surface area contributed by atoms with Gasteiger partial charge in [-0.05, 0) is 56.3 Å². The average molecular weight is 336 g/mol. The highest BCUT2D eigenvalue weighted by molar-refractivity contribution is 5.80. The van der Waals surface area contributed by atoms with Gasteiger partial charge in [-0.25, -0.2) is 0 Å². The van der Waals surface area contributed by atoms with Crippen LogP contribution in [0.15, 0.2) is 4.99 Å². The summed E-state index contributed by atoms with van der Waals surface area (Å²) >= 11 is 0. The summed E-state index contributed by atoms with van der Waals surface area (Å²) in [4.78, 5) is 7.15. The Kier molecular flexibility index (Phi) is 6.43. The molecule has 0 bridgehead atoms. The summed E-state index contributed by atoms with van der Waals surface area (Å²) in [5.74, 6) is 2.97. The Balaban J connectivity index is 1.53. The van der Waals surface area contributed by atoms with Gasteiger partial charge in [0.1, 0.15) is 0 Å². The molecule has 0 amide bonds. The number of hydrogen-bond acceptors (Lipinski definition) is 2. The topological polar surface area (TPSA) is 36.9 Å². The molecule has 2 saturated carbocycles. The highest BCUT2D eigenvalue weighted by Gasteiger charge is 2.37. The lowest BCUT2D eigenvalue weighted by atomic mass is 9.82. The number of nitrogens with zero attached hydrogens (tertiary/aromatic N) is 2. The van der Waals surface area contributed by atoms with E-state index in [0.29, 0.717) is 5.41 Å². The molecule has 1 saturated heterocycles. The molecule has 3 fully saturated rings. The van der Waals surface area contributed by atoms with Crippen LogP contribution in [0.1, 0.15) is 64.7 Å². The molecule has 1 aliphatic heterocycles. The van der Waals surface area contributed by atoms with Crippen molar-refractivity contribution in [2.45, 2.75) is 64.7 Å². The first-order valence-electron chi connectivity index (χ1n) is 10.3. The molecule has 1 heterocycles. The van der Waals surface area contributed by atoms with E-state index >= 15 is 0 Å². The van der Waals surface area contributed by atoms with E-state index < -0.39 is 0 Å². The number of fused-ring (bicyclic) bond motifs is 1. The van der Waals surface area contributed by atoms with E-state index in [4.69, 9.17) is 4.74 Å². The fraction of sp³-hybridized carbons (Fsp3) is 0.950. The summed E-state index contributed by atoms with van der Waals surface area (Å²) in [5.41, 5.74) is 0.428. The number of rotatable bonds is 6. The van der Waals surface area contributed by atoms with Gasteiger partial charge < -0.3 is 15.0 Å². The van der Waals surface area contributed by atoms with Crippen molar-refractivity contribution in [3.8, 4) is 0 Å². The molecule has 0 spiro atoms. The molecule has 0 aromatic rings. The predicted molar refractivity (Wildman–Crippen MR) is 100 cm³/mol. The molecule has 0 aromatic carbocycles. The van der Waals surface area contributed by atoms with Gasteiger partial charge >= 0.3 is 0 Å². The molecule has 3 rings (SSSR count). The zero-order valence-electron chi connectivity index (χ0n) is 15.9. The minimum absolute atomic E-state index is 0.428. The molecule has 1 N–H and O–H groups in total. The first-order chi connectivity index (χ1) is 11.8. The van der Waals surface area contributed by atoms with Gasteiger partial charge in [0, 0.05) is 39.9 Å². The zero-order valence-corrected chi connectivity index (χ0v) is 15.9. The molecule has 2 atom stereocenters. The number of aliphatic imine (C=N–C) groups is 1. The fourth-order valence-electron chi connectivity index (χ4n) is 5.25. The van der Waals surface area contributed by atoms with Gasteiger partial charge in [-0.3, -0.25) is 4.99 Å². The fourth-order valence-corrected chi connectivity index (χ4v) is 5.25. The zero-order chi connectivity index (χ0) is 16.8. The van der Waals surface area contributed by atoms with Gasteiger partial charge in [-0.1, -0.05) is 25.7 Å². The van der Waals surface area contributed by atoms with Crippen molar-refractivity contribution in [2.75, 3.05) is 39.9 Å². The Morgan fingerprint density at radius 1 is 1.12 bits per heavy atom. The van der Waals surface area contributed by atoms with Crippen molar-refractivity contribution in [3.63, 3.8) is 0 Å². The summed E-state index contributed by atoms with van der Waals surface area (Å²) in [7, 11) is 1.95. The summed E-state index contributed by atoms with van der Waals surface area (Å²) in [6.07, 6.45) is 12.3. The molecule has 24 heavy (non-hydrogen) atoms. The van der Waals surface area contributed by atoms with Crippen molar-refractivity contribution >= 4 is 5.96 Å². The Morgan fingerprint density at radius 3 is 2.38 bits per heavy atom. The maximum absolute atomic E-state index is 5.65. The number of nitrogens with one attached hydrogen (secondary N) is 1. The van der Waals surface area contributed by atoms with Crippen LogP contribution in [0.5, 0.6) is 0 Å². The Bertz CT molecular complexity index is 403. The van der Waals surface area contributed by atoms with E-state index in [1.807, 2.05) is 7.05 Å². The van der Waals surface area contributed by atoms with Crippen LogP contribution in [-0.4, -0.2) is 50.8 Å². The van der Waals surface area contributed by atoms with Crippen LogP contribution in [0.25, 0.3) is 0 Å². The lowest BCUT2D eigenvalue weighted by molar-refractivity contribution is 0.104. The maximum atomic E-state index is 5.65. The first kappa shape index (κ1) is 18.0. The molecule has 3 aliphatic rings. The van der Waals surface area contributed by atoms with E-state index in [0.717, 1.165) is 37.6 Å². The van der Waals surface area contributed by atoms with Crippen LogP contribution in [0, 0.1) is 17.3 Å². The molecule has 2 unspecified atom stereocenters. The number of hydrogen-bond donors (Lipinski definition) is 1. The third-order valence-corrected chi connectivity index (χ3v) is 6.75. The van der Waals surface area contributed by atoms with Crippen LogP contribution >= 0.6 is 0 Å². The molecule has 0 radical (unpaired) electrons. The van der Waals surface area contributed by atoms with Gasteiger partial charge in [0.2, 0.25) is 0 Å². The van der Waals surface area contributed by atoms with Crippen molar-refractivity contribution in [1.29, 1.82) is 0 Å². The summed E-state index contributed by atoms with van der Waals surface area (Å²) in [6, 6.07) is 0. The van der Waals surface area contributed by atoms with Gasteiger partial charge in [0.15, 0.2) is 5.96 Å². The summed E-state index contributed by atoms with van der Waals surface area (Å²) < 4.78 is 5.65. The van der Waals surface area contributed by atoms with Crippen LogP contribution in [0.3, 0.4) is 0 Å². The minimum Gasteiger partial charge on any atom is -0.382 e. The monoisotopic (exact) mass is 335 g/mol. The molecule has 4 nitrogen and oxygen atoms in total. The van der Waals surface area contributed by atoms with Gasteiger partial charge in [-0.15, -0.1) is 0 Å². The highest BCUT2D eigenvalue weighted by atomic mass is 16.5. The van der Waals surface area contributed by atoms with Gasteiger partial charge in [0.05, 0.1) is 0 Å². The number of guanidine groups is 1. The van der Waals surface area contributed by atoms with Crippen LogP contribution < -0.4 is 5.32 Å². The first-order valence-corrected chi connectivity index (χ1v) is 10.3. The van der Waals surface area contributed by atoms with Crippen molar-refractivity contribution < 1.29 is 4.74 Å². The molecule has 138 valence electrons. The smallest absolute Gasteiger partial charge is 0.193 e. The Hall–Kier alpha value is -0.770. The average Bonchev–Trinajstić information content (AvgIpc) is 3.23. The van der Waals surface area contributed by atoms with E-state index in [1.165, 1.54) is 70.9 Å². The molecule has 0 aromatic heterocycles. The normalized spacial score (nSPS) is 29.8. The lowest BCUT2D eigenvalue weighted by Crippen LogP contribution is -2.45. The molecule has 4 heteroatoms. The second-order valence-electron chi connectivity index (χ2n) is 8.26. The maximum Gasteiger partial charge on any atom is 0.193 e. The summed E-state index contributed by atoms with van der Waals surface area (Å²) in [6.45, 7) is 7.34. The van der Waals surface area contributed by atoms with Crippen molar-refractivity contribution in [2.24, 2.45) is 22.2 Å². The van der Waals surface area contributed by atoms with E-state index in [-0.39, 0.29) is 0 Å². The summed E-state index contributed by atoms with van der Waals surface area (Å²) in [5, 5.41) is 3.75. The molecular weight excluding hydrogens is 298 g/mol. The molecular formula is C20H37N3O. The minimum atomic E-state index is 0.428.